The zero-order valence-corrected chi connectivity index (χ0v) is 13.4. The molecular formula is C14H15N3O2S2. The lowest BCUT2D eigenvalue weighted by Gasteiger charge is -2.05. The van der Waals surface area contributed by atoms with Crippen LogP contribution >= 0.6 is 11.3 Å². The normalized spacial score (nSPS) is 11.1. The summed E-state index contributed by atoms with van der Waals surface area (Å²) in [7, 11) is -3.50. The summed E-state index contributed by atoms with van der Waals surface area (Å²) in [5, 5.41) is 9.12. The fourth-order valence-corrected chi connectivity index (χ4v) is 4.18. The zero-order chi connectivity index (χ0) is 15.5. The van der Waals surface area contributed by atoms with Crippen LogP contribution in [-0.4, -0.2) is 13.4 Å². The number of aryl methyl sites for hydroxylation is 2. The molecule has 0 aliphatic carbocycles. The quantitative estimate of drug-likeness (QED) is 0.918. The molecule has 1 N–H and O–H groups in total. The molecule has 0 bridgehead atoms. The summed E-state index contributed by atoms with van der Waals surface area (Å²) in [5.41, 5.74) is 2.05. The number of sulfonamides is 1. The third-order valence-electron chi connectivity index (χ3n) is 2.91. The zero-order valence-electron chi connectivity index (χ0n) is 11.8. The maximum atomic E-state index is 12.1. The maximum Gasteiger partial charge on any atom is 0.238 e. The third-order valence-corrected chi connectivity index (χ3v) is 5.19. The number of thiazole rings is 1. The summed E-state index contributed by atoms with van der Waals surface area (Å²) < 4.78 is 26.8. The second-order valence-corrected chi connectivity index (χ2v) is 7.47. The van der Waals surface area contributed by atoms with Gasteiger partial charge in [-0.3, -0.25) is 4.72 Å². The Morgan fingerprint density at radius 2 is 2.00 bits per heavy atom. The standard InChI is InChI=1S/C14H15N3O2S2/c1-3-13-10(2)20-14(16-13)17-21(18,19)9-12-6-4-11(8-15)5-7-12/h4-7H,3,9H2,1-2H3,(H,16,17). The van der Waals surface area contributed by atoms with Crippen molar-refractivity contribution < 1.29 is 8.42 Å². The van der Waals surface area contributed by atoms with Gasteiger partial charge in [-0.15, -0.1) is 11.3 Å². The molecule has 110 valence electrons. The van der Waals surface area contributed by atoms with Crippen LogP contribution in [0, 0.1) is 18.3 Å². The summed E-state index contributed by atoms with van der Waals surface area (Å²) in [6, 6.07) is 8.49. The highest BCUT2D eigenvalue weighted by Gasteiger charge is 2.15. The first kappa shape index (κ1) is 15.5. The highest BCUT2D eigenvalue weighted by molar-refractivity contribution is 7.92. The molecule has 0 aliphatic heterocycles. The largest absolute Gasteiger partial charge is 0.258 e. The van der Waals surface area contributed by atoms with Gasteiger partial charge in [-0.05, 0) is 31.0 Å². The molecule has 2 rings (SSSR count). The molecule has 0 spiro atoms. The molecule has 0 fully saturated rings. The number of rotatable bonds is 5. The molecule has 0 aliphatic rings. The van der Waals surface area contributed by atoms with Crippen LogP contribution in [0.4, 0.5) is 5.13 Å². The van der Waals surface area contributed by atoms with E-state index >= 15 is 0 Å². The number of aromatic nitrogens is 1. The predicted molar refractivity (Wildman–Crippen MR) is 83.6 cm³/mol. The van der Waals surface area contributed by atoms with Gasteiger partial charge in [0, 0.05) is 4.88 Å². The minimum Gasteiger partial charge on any atom is -0.258 e. The van der Waals surface area contributed by atoms with Crippen molar-refractivity contribution in [1.29, 1.82) is 5.26 Å². The van der Waals surface area contributed by atoms with E-state index in [2.05, 4.69) is 9.71 Å². The Bertz CT molecular complexity index is 772. The molecule has 0 saturated carbocycles. The predicted octanol–water partition coefficient (Wildman–Crippen LogP) is 2.83. The molecule has 0 radical (unpaired) electrons. The number of benzene rings is 1. The average molecular weight is 321 g/mol. The number of nitrogens with one attached hydrogen (secondary N) is 1. The Labute approximate surface area is 128 Å². The van der Waals surface area contributed by atoms with Gasteiger partial charge in [0.25, 0.3) is 0 Å². The van der Waals surface area contributed by atoms with Crippen molar-refractivity contribution in [2.75, 3.05) is 4.72 Å². The first-order valence-electron chi connectivity index (χ1n) is 6.39. The van der Waals surface area contributed by atoms with Crippen LogP contribution in [0.1, 0.15) is 28.6 Å². The average Bonchev–Trinajstić information content (AvgIpc) is 2.78. The Morgan fingerprint density at radius 3 is 2.52 bits per heavy atom. The van der Waals surface area contributed by atoms with Crippen molar-refractivity contribution in [1.82, 2.24) is 4.98 Å². The number of anilines is 1. The Balaban J connectivity index is 2.12. The van der Waals surface area contributed by atoms with Crippen molar-refractivity contribution in [2.45, 2.75) is 26.0 Å². The summed E-state index contributed by atoms with van der Waals surface area (Å²) in [6.07, 6.45) is 0.777. The summed E-state index contributed by atoms with van der Waals surface area (Å²) >= 11 is 1.34. The fraction of sp³-hybridized carbons (Fsp3) is 0.286. The maximum absolute atomic E-state index is 12.1. The molecule has 2 aromatic rings. The van der Waals surface area contributed by atoms with Crippen LogP contribution in [-0.2, 0) is 22.2 Å². The van der Waals surface area contributed by atoms with E-state index in [1.165, 1.54) is 11.3 Å². The van der Waals surface area contributed by atoms with E-state index in [-0.39, 0.29) is 5.75 Å². The first-order chi connectivity index (χ1) is 9.93. The number of nitrogens with zero attached hydrogens (tertiary/aromatic N) is 2. The fourth-order valence-electron chi connectivity index (χ4n) is 1.86. The van der Waals surface area contributed by atoms with Gasteiger partial charge in [0.2, 0.25) is 10.0 Å². The van der Waals surface area contributed by atoms with Crippen LogP contribution in [0.3, 0.4) is 0 Å². The SMILES string of the molecule is CCc1nc(NS(=O)(=O)Cc2ccc(C#N)cc2)sc1C. The molecule has 0 amide bonds. The van der Waals surface area contributed by atoms with Crippen LogP contribution in [0.15, 0.2) is 24.3 Å². The molecule has 1 heterocycles. The molecule has 0 unspecified atom stereocenters. The van der Waals surface area contributed by atoms with E-state index in [9.17, 15) is 8.42 Å². The van der Waals surface area contributed by atoms with Gasteiger partial charge < -0.3 is 0 Å². The smallest absolute Gasteiger partial charge is 0.238 e. The Morgan fingerprint density at radius 1 is 1.33 bits per heavy atom. The molecular weight excluding hydrogens is 306 g/mol. The highest BCUT2D eigenvalue weighted by atomic mass is 32.2. The molecule has 5 nitrogen and oxygen atoms in total. The van der Waals surface area contributed by atoms with E-state index in [4.69, 9.17) is 5.26 Å². The minimum atomic E-state index is -3.50. The van der Waals surface area contributed by atoms with E-state index in [1.807, 2.05) is 19.9 Å². The van der Waals surface area contributed by atoms with Crippen LogP contribution < -0.4 is 4.72 Å². The van der Waals surface area contributed by atoms with E-state index in [0.717, 1.165) is 17.0 Å². The van der Waals surface area contributed by atoms with Gasteiger partial charge in [0.15, 0.2) is 5.13 Å². The second kappa shape index (κ2) is 6.24. The van der Waals surface area contributed by atoms with Gasteiger partial charge in [0.1, 0.15) is 0 Å². The van der Waals surface area contributed by atoms with E-state index in [1.54, 1.807) is 24.3 Å². The molecule has 0 atom stereocenters. The van der Waals surface area contributed by atoms with Gasteiger partial charge in [0.05, 0.1) is 23.1 Å². The molecule has 7 heteroatoms. The first-order valence-corrected chi connectivity index (χ1v) is 8.86. The van der Waals surface area contributed by atoms with Gasteiger partial charge in [-0.2, -0.15) is 5.26 Å². The summed E-state index contributed by atoms with van der Waals surface area (Å²) in [5.74, 6) is -0.140. The van der Waals surface area contributed by atoms with Crippen LogP contribution in [0.25, 0.3) is 0 Å². The number of hydrogen-bond donors (Lipinski definition) is 1. The molecule has 1 aromatic heterocycles. The van der Waals surface area contributed by atoms with Crippen molar-refractivity contribution in [3.63, 3.8) is 0 Å². The lowest BCUT2D eigenvalue weighted by atomic mass is 10.2. The number of nitriles is 1. The Kier molecular flexibility index (Phi) is 4.60. The van der Waals surface area contributed by atoms with Crippen molar-refractivity contribution in [2.24, 2.45) is 0 Å². The third kappa shape index (κ3) is 4.03. The lowest BCUT2D eigenvalue weighted by molar-refractivity contribution is 0.600. The van der Waals surface area contributed by atoms with E-state index in [0.29, 0.717) is 16.3 Å². The molecule has 1 aromatic carbocycles. The van der Waals surface area contributed by atoms with Gasteiger partial charge in [-0.25, -0.2) is 13.4 Å². The Hall–Kier alpha value is -1.91. The number of hydrogen-bond acceptors (Lipinski definition) is 5. The lowest BCUT2D eigenvalue weighted by Crippen LogP contribution is -2.15. The van der Waals surface area contributed by atoms with Crippen LogP contribution in [0.2, 0.25) is 0 Å². The molecule has 21 heavy (non-hydrogen) atoms. The van der Waals surface area contributed by atoms with E-state index < -0.39 is 10.0 Å². The van der Waals surface area contributed by atoms with Crippen molar-refractivity contribution >= 4 is 26.5 Å². The van der Waals surface area contributed by atoms with Gasteiger partial charge >= 0.3 is 0 Å². The monoisotopic (exact) mass is 321 g/mol. The minimum absolute atomic E-state index is 0.140. The highest BCUT2D eigenvalue weighted by Crippen LogP contribution is 2.24. The van der Waals surface area contributed by atoms with Crippen LogP contribution in [0.5, 0.6) is 0 Å². The second-order valence-electron chi connectivity index (χ2n) is 4.55. The summed E-state index contributed by atoms with van der Waals surface area (Å²) in [4.78, 5) is 5.29. The van der Waals surface area contributed by atoms with Crippen molar-refractivity contribution in [3.8, 4) is 6.07 Å². The van der Waals surface area contributed by atoms with Gasteiger partial charge in [-0.1, -0.05) is 19.1 Å². The topological polar surface area (TPSA) is 82.8 Å². The molecule has 0 saturated heterocycles. The summed E-state index contributed by atoms with van der Waals surface area (Å²) in [6.45, 7) is 3.91. The van der Waals surface area contributed by atoms with Crippen molar-refractivity contribution in [3.05, 3.63) is 46.0 Å².